The van der Waals surface area contributed by atoms with Gasteiger partial charge in [0.15, 0.2) is 5.11 Å². The molecule has 178 valence electrons. The number of hydrogen-bond acceptors (Lipinski definition) is 4. The van der Waals surface area contributed by atoms with E-state index in [4.69, 9.17) is 28.6 Å². The fourth-order valence-corrected chi connectivity index (χ4v) is 5.40. The Balaban J connectivity index is 1.72. The molecule has 2 aromatic heterocycles. The lowest BCUT2D eigenvalue weighted by atomic mass is 9.96. The van der Waals surface area contributed by atoms with Gasteiger partial charge in [-0.3, -0.25) is 4.98 Å². The number of nitrogens with zero attached hydrogens (tertiary/aromatic N) is 3. The van der Waals surface area contributed by atoms with Gasteiger partial charge in [-0.15, -0.1) is 0 Å². The first-order valence-corrected chi connectivity index (χ1v) is 12.0. The van der Waals surface area contributed by atoms with E-state index in [1.807, 2.05) is 60.9 Å². The van der Waals surface area contributed by atoms with Crippen LogP contribution in [0.15, 0.2) is 72.9 Å². The molecule has 0 spiro atoms. The average Bonchev–Trinajstić information content (AvgIpc) is 3.36. The number of pyridine rings is 1. The molecule has 0 bridgehead atoms. The second-order valence-electron chi connectivity index (χ2n) is 8.46. The Bertz CT molecular complexity index is 1410. The lowest BCUT2D eigenvalue weighted by molar-refractivity contribution is 0.414. The maximum absolute atomic E-state index is 10.6. The van der Waals surface area contributed by atoms with E-state index in [0.717, 1.165) is 34.1 Å². The second-order valence-corrected chi connectivity index (χ2v) is 9.29. The van der Waals surface area contributed by atoms with Gasteiger partial charge in [-0.25, -0.2) is 0 Å². The highest BCUT2D eigenvalue weighted by Gasteiger charge is 2.43. The number of nitrogens with one attached hydrogen (secondary N) is 1. The van der Waals surface area contributed by atoms with Gasteiger partial charge in [-0.05, 0) is 80.2 Å². The first-order valence-electron chi connectivity index (χ1n) is 11.2. The van der Waals surface area contributed by atoms with Crippen LogP contribution in [0.3, 0.4) is 0 Å². The van der Waals surface area contributed by atoms with E-state index in [1.165, 1.54) is 0 Å². The largest absolute Gasteiger partial charge is 0.506 e. The van der Waals surface area contributed by atoms with E-state index >= 15 is 0 Å². The van der Waals surface area contributed by atoms with Gasteiger partial charge < -0.3 is 24.6 Å². The molecule has 2 N–H and O–H groups in total. The summed E-state index contributed by atoms with van der Waals surface area (Å²) in [6.45, 7) is 4.06. The number of halogens is 1. The third kappa shape index (κ3) is 4.00. The molecule has 4 aromatic rings. The Kier molecular flexibility index (Phi) is 6.13. The number of aromatic hydroxyl groups is 1. The fourth-order valence-electron chi connectivity index (χ4n) is 4.89. The van der Waals surface area contributed by atoms with E-state index in [0.29, 0.717) is 15.8 Å². The number of phenolic OH excluding ortho intramolecular Hbond substituents is 1. The van der Waals surface area contributed by atoms with Crippen molar-refractivity contribution in [3.8, 4) is 17.2 Å². The van der Waals surface area contributed by atoms with Crippen LogP contribution >= 0.6 is 23.8 Å². The Hall–Kier alpha value is -3.55. The van der Waals surface area contributed by atoms with Crippen LogP contribution in [0.25, 0.3) is 5.69 Å². The highest BCUT2D eigenvalue weighted by atomic mass is 35.5. The van der Waals surface area contributed by atoms with Crippen LogP contribution in [-0.4, -0.2) is 26.9 Å². The molecule has 2 aromatic carbocycles. The number of thiocarbonyl (C=S) groups is 1. The number of phenols is 1. The summed E-state index contributed by atoms with van der Waals surface area (Å²) in [4.78, 5) is 6.73. The molecule has 1 aliphatic rings. The number of aromatic nitrogens is 2. The van der Waals surface area contributed by atoms with Gasteiger partial charge in [-0.1, -0.05) is 29.8 Å². The predicted molar refractivity (Wildman–Crippen MR) is 143 cm³/mol. The third-order valence-corrected chi connectivity index (χ3v) is 6.96. The van der Waals surface area contributed by atoms with Crippen molar-refractivity contribution in [2.45, 2.75) is 25.9 Å². The zero-order chi connectivity index (χ0) is 24.7. The zero-order valence-corrected chi connectivity index (χ0v) is 21.1. The first kappa shape index (κ1) is 23.2. The summed E-state index contributed by atoms with van der Waals surface area (Å²) in [5.41, 5.74) is 5.37. The lowest BCUT2D eigenvalue weighted by Crippen LogP contribution is -2.30. The van der Waals surface area contributed by atoms with Crippen LogP contribution in [0.5, 0.6) is 11.5 Å². The second kappa shape index (κ2) is 9.24. The summed E-state index contributed by atoms with van der Waals surface area (Å²) in [5, 5.41) is 15.3. The molecule has 35 heavy (non-hydrogen) atoms. The van der Waals surface area contributed by atoms with Crippen molar-refractivity contribution in [2.75, 3.05) is 12.0 Å². The Morgan fingerprint density at radius 1 is 1.03 bits per heavy atom. The van der Waals surface area contributed by atoms with E-state index in [9.17, 15) is 5.11 Å². The molecule has 5 rings (SSSR count). The number of para-hydroxylation sites is 2. The van der Waals surface area contributed by atoms with Crippen LogP contribution in [0.4, 0.5) is 5.69 Å². The first-order chi connectivity index (χ1) is 16.9. The summed E-state index contributed by atoms with van der Waals surface area (Å²) < 4.78 is 7.71. The highest BCUT2D eigenvalue weighted by Crippen LogP contribution is 2.46. The summed E-state index contributed by atoms with van der Waals surface area (Å²) in [6.07, 6.45) is 1.79. The van der Waals surface area contributed by atoms with Crippen molar-refractivity contribution in [2.24, 2.45) is 0 Å². The molecule has 0 aliphatic carbocycles. The van der Waals surface area contributed by atoms with Gasteiger partial charge >= 0.3 is 0 Å². The minimum atomic E-state index is -0.213. The van der Waals surface area contributed by atoms with E-state index < -0.39 is 0 Å². The maximum atomic E-state index is 10.6. The standard InChI is InChI=1S/C27H25ClN4O2S/c1-16-14-19(17(2)31(16)22-15-18(28)11-12-23(22)33)26-25(20-8-6-7-13-29-20)30-27(35)32(26)21-9-4-5-10-24(21)34-3/h4-15,25-26,33H,1-3H3,(H,30,35)/t25-,26-/m0/s1. The van der Waals surface area contributed by atoms with Crippen molar-refractivity contribution in [1.82, 2.24) is 14.9 Å². The van der Waals surface area contributed by atoms with Crippen LogP contribution in [0.2, 0.25) is 5.02 Å². The number of hydrogen-bond donors (Lipinski definition) is 2. The monoisotopic (exact) mass is 504 g/mol. The third-order valence-electron chi connectivity index (χ3n) is 6.41. The SMILES string of the molecule is COc1ccccc1N1C(=S)N[C@@H](c2ccccn2)[C@@H]1c1cc(C)n(-c2cc(Cl)ccc2O)c1C. The Morgan fingerprint density at radius 3 is 2.54 bits per heavy atom. The molecular formula is C27H25ClN4O2S. The number of anilines is 1. The molecule has 0 saturated carbocycles. The van der Waals surface area contributed by atoms with Crippen LogP contribution in [0.1, 0.15) is 34.7 Å². The van der Waals surface area contributed by atoms with Gasteiger partial charge in [-0.2, -0.15) is 0 Å². The van der Waals surface area contributed by atoms with E-state index in [-0.39, 0.29) is 17.8 Å². The van der Waals surface area contributed by atoms with Crippen LogP contribution in [0, 0.1) is 13.8 Å². The molecule has 6 nitrogen and oxygen atoms in total. The fraction of sp³-hybridized carbons (Fsp3) is 0.185. The normalized spacial score (nSPS) is 17.5. The number of benzene rings is 2. The smallest absolute Gasteiger partial charge is 0.174 e. The number of rotatable bonds is 5. The summed E-state index contributed by atoms with van der Waals surface area (Å²) >= 11 is 12.1. The molecular weight excluding hydrogens is 480 g/mol. The lowest BCUT2D eigenvalue weighted by Gasteiger charge is -2.29. The van der Waals surface area contributed by atoms with Crippen molar-refractivity contribution in [3.05, 3.63) is 101 Å². The molecule has 0 unspecified atom stereocenters. The Labute approximate surface area is 214 Å². The summed E-state index contributed by atoms with van der Waals surface area (Å²) in [7, 11) is 1.66. The van der Waals surface area contributed by atoms with Crippen molar-refractivity contribution in [3.63, 3.8) is 0 Å². The van der Waals surface area contributed by atoms with Gasteiger partial charge in [0.2, 0.25) is 0 Å². The molecule has 1 saturated heterocycles. The zero-order valence-electron chi connectivity index (χ0n) is 19.6. The van der Waals surface area contributed by atoms with Crippen molar-refractivity contribution >= 4 is 34.6 Å². The molecule has 3 heterocycles. The quantitative estimate of drug-likeness (QED) is 0.323. The van der Waals surface area contributed by atoms with Gasteiger partial charge in [0, 0.05) is 22.6 Å². The minimum absolute atomic E-state index is 0.158. The van der Waals surface area contributed by atoms with Crippen molar-refractivity contribution < 1.29 is 9.84 Å². The highest BCUT2D eigenvalue weighted by molar-refractivity contribution is 7.80. The predicted octanol–water partition coefficient (Wildman–Crippen LogP) is 6.03. The molecule has 1 fully saturated rings. The molecule has 1 aliphatic heterocycles. The van der Waals surface area contributed by atoms with Crippen LogP contribution in [-0.2, 0) is 0 Å². The molecule has 0 amide bonds. The molecule has 8 heteroatoms. The minimum Gasteiger partial charge on any atom is -0.506 e. The number of methoxy groups -OCH3 is 1. The van der Waals surface area contributed by atoms with E-state index in [1.54, 1.807) is 31.5 Å². The number of ether oxygens (including phenoxy) is 1. The van der Waals surface area contributed by atoms with Crippen LogP contribution < -0.4 is 15.0 Å². The summed E-state index contributed by atoms with van der Waals surface area (Å²) in [6, 6.07) is 20.5. The van der Waals surface area contributed by atoms with E-state index in [2.05, 4.69) is 21.3 Å². The van der Waals surface area contributed by atoms with Gasteiger partial charge in [0.1, 0.15) is 11.5 Å². The average molecular weight is 505 g/mol. The van der Waals surface area contributed by atoms with Gasteiger partial charge in [0.05, 0.1) is 36.3 Å². The molecule has 0 radical (unpaired) electrons. The van der Waals surface area contributed by atoms with Gasteiger partial charge in [0.25, 0.3) is 0 Å². The maximum Gasteiger partial charge on any atom is 0.174 e. The van der Waals surface area contributed by atoms with Crippen molar-refractivity contribution in [1.29, 1.82) is 0 Å². The summed E-state index contributed by atoms with van der Waals surface area (Å²) in [5.74, 6) is 0.885. The molecule has 2 atom stereocenters. The topological polar surface area (TPSA) is 62.5 Å². The Morgan fingerprint density at radius 2 is 1.80 bits per heavy atom. The number of aryl methyl sites for hydroxylation is 1.